The number of hydrogen-bond acceptors (Lipinski definition) is 5. The van der Waals surface area contributed by atoms with Crippen LogP contribution in [-0.2, 0) is 14.8 Å². The van der Waals surface area contributed by atoms with Crippen molar-refractivity contribution in [1.82, 2.24) is 4.31 Å². The lowest BCUT2D eigenvalue weighted by atomic mass is 9.99. The topological polar surface area (TPSA) is 95.9 Å². The van der Waals surface area contributed by atoms with Crippen LogP contribution in [0.4, 0.5) is 5.69 Å². The maximum Gasteiger partial charge on any atom is 0.268 e. The molecule has 1 aromatic rings. The zero-order valence-electron chi connectivity index (χ0n) is 13.9. The first-order chi connectivity index (χ1) is 11.1. The van der Waals surface area contributed by atoms with E-state index in [2.05, 4.69) is 5.32 Å². The normalized spacial score (nSPS) is 27.1. The fourth-order valence-corrected chi connectivity index (χ4v) is 4.49. The van der Waals surface area contributed by atoms with Gasteiger partial charge in [0.05, 0.1) is 16.7 Å². The molecule has 132 valence electrons. The Bertz CT molecular complexity index is 775. The van der Waals surface area contributed by atoms with E-state index < -0.39 is 21.7 Å². The molecule has 24 heavy (non-hydrogen) atoms. The van der Waals surface area contributed by atoms with Crippen LogP contribution < -0.4 is 10.1 Å². The van der Waals surface area contributed by atoms with Crippen molar-refractivity contribution in [2.24, 2.45) is 5.92 Å². The Morgan fingerprint density at radius 2 is 2.08 bits per heavy atom. The van der Waals surface area contributed by atoms with Crippen LogP contribution in [-0.4, -0.2) is 48.5 Å². The van der Waals surface area contributed by atoms with Gasteiger partial charge in [-0.1, -0.05) is 6.92 Å². The molecule has 0 saturated carbocycles. The molecule has 1 amide bonds. The number of rotatable bonds is 2. The van der Waals surface area contributed by atoms with E-state index >= 15 is 0 Å². The molecule has 2 aliphatic heterocycles. The highest BCUT2D eigenvalue weighted by Crippen LogP contribution is 2.36. The molecule has 0 bridgehead atoms. The highest BCUT2D eigenvalue weighted by atomic mass is 32.2. The summed E-state index contributed by atoms with van der Waals surface area (Å²) in [5, 5.41) is 12.5. The first kappa shape index (κ1) is 17.2. The van der Waals surface area contributed by atoms with E-state index in [1.165, 1.54) is 16.4 Å². The second kappa shape index (κ2) is 5.72. The minimum absolute atomic E-state index is 0.105. The van der Waals surface area contributed by atoms with E-state index in [-0.39, 0.29) is 29.8 Å². The summed E-state index contributed by atoms with van der Waals surface area (Å²) in [5.41, 5.74) is -0.642. The second-order valence-corrected chi connectivity index (χ2v) is 8.86. The first-order valence-electron chi connectivity index (χ1n) is 7.94. The number of sulfonamides is 1. The van der Waals surface area contributed by atoms with Crippen LogP contribution in [0.3, 0.4) is 0 Å². The van der Waals surface area contributed by atoms with Gasteiger partial charge < -0.3 is 15.2 Å². The lowest BCUT2D eigenvalue weighted by molar-refractivity contribution is -0.129. The van der Waals surface area contributed by atoms with Crippen molar-refractivity contribution in [3.05, 3.63) is 18.2 Å². The number of carbonyl (C=O) groups is 1. The van der Waals surface area contributed by atoms with Gasteiger partial charge in [0.1, 0.15) is 5.75 Å². The van der Waals surface area contributed by atoms with Gasteiger partial charge >= 0.3 is 0 Å². The van der Waals surface area contributed by atoms with Crippen molar-refractivity contribution in [3.8, 4) is 5.75 Å². The molecule has 0 aromatic heterocycles. The number of anilines is 1. The number of aliphatic hydroxyl groups is 1. The number of piperidine rings is 1. The molecule has 7 nitrogen and oxygen atoms in total. The summed E-state index contributed by atoms with van der Waals surface area (Å²) in [5.74, 6) is 0.00948. The van der Waals surface area contributed by atoms with Gasteiger partial charge in [-0.2, -0.15) is 4.31 Å². The molecule has 1 fully saturated rings. The van der Waals surface area contributed by atoms with Crippen LogP contribution in [0.5, 0.6) is 5.75 Å². The minimum Gasteiger partial charge on any atom is -0.476 e. The van der Waals surface area contributed by atoms with E-state index in [0.29, 0.717) is 17.9 Å². The molecule has 0 radical (unpaired) electrons. The van der Waals surface area contributed by atoms with Gasteiger partial charge in [0.15, 0.2) is 5.60 Å². The summed E-state index contributed by atoms with van der Waals surface area (Å²) in [6, 6.07) is 4.47. The van der Waals surface area contributed by atoms with E-state index in [1.807, 2.05) is 6.92 Å². The zero-order valence-corrected chi connectivity index (χ0v) is 14.8. The number of ether oxygens (including phenoxy) is 1. The van der Waals surface area contributed by atoms with Crippen LogP contribution in [0.2, 0.25) is 0 Å². The van der Waals surface area contributed by atoms with Gasteiger partial charge in [-0.3, -0.25) is 4.79 Å². The van der Waals surface area contributed by atoms with E-state index in [0.717, 1.165) is 0 Å². The largest absolute Gasteiger partial charge is 0.476 e. The average Bonchev–Trinajstić information content (AvgIpc) is 2.50. The van der Waals surface area contributed by atoms with E-state index in [4.69, 9.17) is 4.74 Å². The quantitative estimate of drug-likeness (QED) is 0.832. The number of carbonyl (C=O) groups excluding carboxylic acids is 1. The average molecular weight is 354 g/mol. The molecule has 8 heteroatoms. The van der Waals surface area contributed by atoms with Crippen LogP contribution >= 0.6 is 0 Å². The summed E-state index contributed by atoms with van der Waals surface area (Å²) in [6.45, 7) is 5.68. The van der Waals surface area contributed by atoms with Crippen LogP contribution in [0.1, 0.15) is 27.2 Å². The molecule has 2 N–H and O–H groups in total. The first-order valence-corrected chi connectivity index (χ1v) is 9.38. The van der Waals surface area contributed by atoms with Crippen molar-refractivity contribution in [1.29, 1.82) is 0 Å². The summed E-state index contributed by atoms with van der Waals surface area (Å²) < 4.78 is 32.6. The van der Waals surface area contributed by atoms with Gasteiger partial charge in [0, 0.05) is 13.1 Å². The Kier molecular flexibility index (Phi) is 4.09. The van der Waals surface area contributed by atoms with Crippen LogP contribution in [0.15, 0.2) is 23.1 Å². The summed E-state index contributed by atoms with van der Waals surface area (Å²) in [6.07, 6.45) is -0.0609. The van der Waals surface area contributed by atoms with Crippen molar-refractivity contribution in [2.75, 3.05) is 18.4 Å². The predicted octanol–water partition coefficient (Wildman–Crippen LogP) is 1.19. The number of nitrogens with zero attached hydrogens (tertiary/aromatic N) is 1. The molecular formula is C16H22N2O5S. The predicted molar refractivity (Wildman–Crippen MR) is 88.3 cm³/mol. The molecule has 0 aliphatic carbocycles. The smallest absolute Gasteiger partial charge is 0.268 e. The van der Waals surface area contributed by atoms with Crippen molar-refractivity contribution in [3.63, 3.8) is 0 Å². The number of aliphatic hydroxyl groups excluding tert-OH is 1. The molecule has 2 aliphatic rings. The number of amides is 1. The highest BCUT2D eigenvalue weighted by Gasteiger charge is 2.37. The SMILES string of the molecule is C[C@@H]1CN(S(=O)(=O)c2ccc3c(c2)NC(=O)C(C)(C)O3)CC[C@H]1O. The molecule has 0 spiro atoms. The maximum absolute atomic E-state index is 12.8. The standard InChI is InChI=1S/C16H22N2O5S/c1-10-9-18(7-6-13(10)19)24(21,22)11-4-5-14-12(8-11)17-15(20)16(2,3)23-14/h4-5,8,10,13,19H,6-7,9H2,1-3H3,(H,17,20)/t10-,13-/m1/s1. The minimum atomic E-state index is -3.68. The third-order valence-electron chi connectivity index (χ3n) is 4.57. The number of benzene rings is 1. The van der Waals surface area contributed by atoms with Crippen molar-refractivity contribution >= 4 is 21.6 Å². The van der Waals surface area contributed by atoms with Crippen LogP contribution in [0, 0.1) is 5.92 Å². The Hall–Kier alpha value is -1.64. The van der Waals surface area contributed by atoms with Gasteiger partial charge in [-0.05, 0) is 44.4 Å². The molecule has 2 atom stereocenters. The van der Waals surface area contributed by atoms with Crippen molar-refractivity contribution in [2.45, 2.75) is 43.8 Å². The number of nitrogens with one attached hydrogen (secondary N) is 1. The van der Waals surface area contributed by atoms with Crippen molar-refractivity contribution < 1.29 is 23.1 Å². The van der Waals surface area contributed by atoms with Gasteiger partial charge in [0.25, 0.3) is 5.91 Å². The molecule has 2 heterocycles. The molecular weight excluding hydrogens is 332 g/mol. The lowest BCUT2D eigenvalue weighted by Crippen LogP contribution is -2.46. The third-order valence-corrected chi connectivity index (χ3v) is 6.43. The maximum atomic E-state index is 12.8. The Labute approximate surface area is 141 Å². The summed E-state index contributed by atoms with van der Waals surface area (Å²) >= 11 is 0. The third kappa shape index (κ3) is 2.89. The van der Waals surface area contributed by atoms with Gasteiger partial charge in [-0.15, -0.1) is 0 Å². The Morgan fingerprint density at radius 1 is 1.38 bits per heavy atom. The molecule has 1 aromatic carbocycles. The molecule has 3 rings (SSSR count). The Balaban J connectivity index is 1.91. The fourth-order valence-electron chi connectivity index (χ4n) is 2.91. The Morgan fingerprint density at radius 3 is 2.75 bits per heavy atom. The summed E-state index contributed by atoms with van der Waals surface area (Å²) in [7, 11) is -3.68. The zero-order chi connectivity index (χ0) is 17.7. The summed E-state index contributed by atoms with van der Waals surface area (Å²) in [4.78, 5) is 12.1. The molecule has 0 unspecified atom stereocenters. The van der Waals surface area contributed by atoms with E-state index in [9.17, 15) is 18.3 Å². The molecule has 1 saturated heterocycles. The monoisotopic (exact) mass is 354 g/mol. The lowest BCUT2D eigenvalue weighted by Gasteiger charge is -2.34. The van der Waals surface area contributed by atoms with Gasteiger partial charge in [-0.25, -0.2) is 8.42 Å². The highest BCUT2D eigenvalue weighted by molar-refractivity contribution is 7.89. The van der Waals surface area contributed by atoms with E-state index in [1.54, 1.807) is 19.9 Å². The number of hydrogen-bond donors (Lipinski definition) is 2. The second-order valence-electron chi connectivity index (χ2n) is 6.92. The number of fused-ring (bicyclic) bond motifs is 1. The van der Waals surface area contributed by atoms with Gasteiger partial charge in [0.2, 0.25) is 10.0 Å². The van der Waals surface area contributed by atoms with Crippen LogP contribution in [0.25, 0.3) is 0 Å². The fraction of sp³-hybridized carbons (Fsp3) is 0.562.